The van der Waals surface area contributed by atoms with E-state index in [2.05, 4.69) is 37.5 Å². The van der Waals surface area contributed by atoms with Crippen molar-refractivity contribution in [2.45, 2.75) is 194 Å². The molecule has 0 heterocycles. The Morgan fingerprint density at radius 3 is 1.65 bits per heavy atom. The van der Waals surface area contributed by atoms with Gasteiger partial charge >= 0.3 is 5.97 Å². The molecule has 0 aromatic heterocycles. The van der Waals surface area contributed by atoms with Crippen LogP contribution in [0.25, 0.3) is 0 Å². The molecular formula is C41H82N2O5S. The fourth-order valence-corrected chi connectivity index (χ4v) is 6.57. The van der Waals surface area contributed by atoms with Crippen molar-refractivity contribution in [3.63, 3.8) is 0 Å². The molecule has 7 nitrogen and oxygen atoms in total. The minimum Gasteiger partial charge on any atom is -0.462 e. The van der Waals surface area contributed by atoms with E-state index in [1.54, 1.807) is 0 Å². The minimum absolute atomic E-state index is 0.0632. The number of rotatable bonds is 34. The summed E-state index contributed by atoms with van der Waals surface area (Å²) in [6.45, 7) is 11.6. The molecule has 0 unspecified atom stereocenters. The molecule has 0 atom stereocenters. The second-order valence-corrected chi connectivity index (χ2v) is 15.0. The molecule has 8 heteroatoms. The van der Waals surface area contributed by atoms with Crippen molar-refractivity contribution in [1.29, 1.82) is 0 Å². The van der Waals surface area contributed by atoms with Gasteiger partial charge in [0.1, 0.15) is 12.7 Å². The molecular weight excluding hydrogens is 633 g/mol. The van der Waals surface area contributed by atoms with Crippen molar-refractivity contribution in [1.82, 2.24) is 9.80 Å². The smallest absolute Gasteiger partial charge is 0.306 e. The minimum atomic E-state index is -0.0781. The molecule has 0 radical (unpaired) electrons. The highest BCUT2D eigenvalue weighted by molar-refractivity contribution is 8.13. The number of nitrogens with zero attached hydrogens (tertiary/aromatic N) is 2. The van der Waals surface area contributed by atoms with E-state index in [4.69, 9.17) is 9.99 Å². The first-order chi connectivity index (χ1) is 23.9. The molecule has 49 heavy (non-hydrogen) atoms. The second-order valence-electron chi connectivity index (χ2n) is 13.9. The number of carbonyl (C=O) groups excluding carboxylic acids is 2. The Morgan fingerprint density at radius 2 is 1.12 bits per heavy atom. The molecule has 292 valence electrons. The van der Waals surface area contributed by atoms with Crippen LogP contribution < -0.4 is 0 Å². The van der Waals surface area contributed by atoms with Crippen molar-refractivity contribution in [2.75, 3.05) is 46.1 Å². The Kier molecular flexibility index (Phi) is 42.2. The summed E-state index contributed by atoms with van der Waals surface area (Å²) in [7, 11) is 4.07. The molecule has 0 aromatic rings. The van der Waals surface area contributed by atoms with Crippen LogP contribution in [-0.2, 0) is 14.4 Å². The lowest BCUT2D eigenvalue weighted by atomic mass is 10.0. The van der Waals surface area contributed by atoms with Gasteiger partial charge in [0.2, 0.25) is 0 Å². The fourth-order valence-electron chi connectivity index (χ4n) is 5.57. The van der Waals surface area contributed by atoms with Crippen molar-refractivity contribution >= 4 is 23.0 Å². The average Bonchev–Trinajstić information content (AvgIpc) is 3.08. The Hall–Kier alpha value is -1.09. The molecule has 0 fully saturated rings. The van der Waals surface area contributed by atoms with E-state index in [-0.39, 0.29) is 17.3 Å². The molecule has 0 saturated heterocycles. The van der Waals surface area contributed by atoms with Crippen LogP contribution in [0.15, 0.2) is 12.2 Å². The van der Waals surface area contributed by atoms with Crippen LogP contribution in [0.1, 0.15) is 188 Å². The topological polar surface area (TPSA) is 79.3 Å². The van der Waals surface area contributed by atoms with Gasteiger partial charge in [-0.1, -0.05) is 154 Å². The largest absolute Gasteiger partial charge is 0.462 e. The van der Waals surface area contributed by atoms with Gasteiger partial charge in [0.15, 0.2) is 0 Å². The van der Waals surface area contributed by atoms with Crippen LogP contribution >= 0.6 is 11.8 Å². The highest BCUT2D eigenvalue weighted by Gasteiger charge is 2.17. The molecule has 0 spiro atoms. The molecule has 1 amide bonds. The number of carbonyl (C=O) groups is 2. The number of ether oxygens (including phenoxy) is 1. The number of unbranched alkanes of at least 4 members (excludes halogenated alkanes) is 17. The van der Waals surface area contributed by atoms with Crippen LogP contribution in [0.5, 0.6) is 0 Å². The normalized spacial score (nSPS) is 11.4. The number of allylic oxidation sites excluding steroid dienone is 1. The van der Waals surface area contributed by atoms with Crippen LogP contribution in [0.2, 0.25) is 0 Å². The predicted molar refractivity (Wildman–Crippen MR) is 214 cm³/mol. The summed E-state index contributed by atoms with van der Waals surface area (Å²) < 4.78 is 6.00. The monoisotopic (exact) mass is 715 g/mol. The summed E-state index contributed by atoms with van der Waals surface area (Å²) in [6.07, 6.45) is 33.1. The van der Waals surface area contributed by atoms with E-state index >= 15 is 0 Å². The predicted octanol–water partition coefficient (Wildman–Crippen LogP) is 12.5. The Bertz CT molecular complexity index is 706. The van der Waals surface area contributed by atoms with E-state index in [0.717, 1.165) is 63.8 Å². The highest BCUT2D eigenvalue weighted by atomic mass is 32.2. The fraction of sp³-hybridized carbons (Fsp3) is 0.902. The number of hydrogen-bond acceptors (Lipinski definition) is 7. The van der Waals surface area contributed by atoms with Crippen LogP contribution in [-0.4, -0.2) is 78.5 Å². The molecule has 1 N–H and O–H groups in total. The zero-order valence-corrected chi connectivity index (χ0v) is 34.1. The summed E-state index contributed by atoms with van der Waals surface area (Å²) in [5.41, 5.74) is 0. The molecule has 0 rings (SSSR count). The number of hydrogen-bond donors (Lipinski definition) is 1. The number of esters is 1. The van der Waals surface area contributed by atoms with Gasteiger partial charge in [-0.25, -0.2) is 4.89 Å². The van der Waals surface area contributed by atoms with E-state index in [1.807, 2.05) is 31.1 Å². The summed E-state index contributed by atoms with van der Waals surface area (Å²) in [5, 5.41) is 8.11. The third-order valence-electron chi connectivity index (χ3n) is 8.73. The van der Waals surface area contributed by atoms with E-state index in [9.17, 15) is 9.59 Å². The lowest BCUT2D eigenvalue weighted by Gasteiger charge is -2.23. The zero-order chi connectivity index (χ0) is 36.6. The Labute approximate surface area is 309 Å². The SMILES string of the molecule is CCCCCC/C=C\COO.CCCCCCCCC(CCCCCCCC)OC(=O)CCCN(CCCCCC)C(=O)SCCN(C)C. The summed E-state index contributed by atoms with van der Waals surface area (Å²) >= 11 is 1.41. The van der Waals surface area contributed by atoms with Gasteiger partial charge in [0, 0.05) is 31.8 Å². The van der Waals surface area contributed by atoms with E-state index in [1.165, 1.54) is 114 Å². The maximum absolute atomic E-state index is 12.8. The van der Waals surface area contributed by atoms with Gasteiger partial charge in [0.25, 0.3) is 5.24 Å². The first-order valence-corrected chi connectivity index (χ1v) is 21.5. The highest BCUT2D eigenvalue weighted by Crippen LogP contribution is 2.18. The maximum atomic E-state index is 12.8. The Morgan fingerprint density at radius 1 is 0.633 bits per heavy atom. The van der Waals surface area contributed by atoms with Gasteiger partial charge < -0.3 is 14.5 Å². The van der Waals surface area contributed by atoms with E-state index < -0.39 is 0 Å². The first-order valence-electron chi connectivity index (χ1n) is 20.5. The maximum Gasteiger partial charge on any atom is 0.306 e. The van der Waals surface area contributed by atoms with Crippen LogP contribution in [0.3, 0.4) is 0 Å². The molecule has 0 aromatic carbocycles. The van der Waals surface area contributed by atoms with Gasteiger partial charge in [-0.15, -0.1) is 0 Å². The van der Waals surface area contributed by atoms with Gasteiger partial charge in [-0.3, -0.25) is 14.8 Å². The van der Waals surface area contributed by atoms with Crippen molar-refractivity contribution in [3.8, 4) is 0 Å². The lowest BCUT2D eigenvalue weighted by molar-refractivity contribution is -0.231. The summed E-state index contributed by atoms with van der Waals surface area (Å²) in [4.78, 5) is 33.5. The third kappa shape index (κ3) is 39.6. The third-order valence-corrected chi connectivity index (χ3v) is 9.62. The zero-order valence-electron chi connectivity index (χ0n) is 33.3. The van der Waals surface area contributed by atoms with Crippen LogP contribution in [0.4, 0.5) is 4.79 Å². The van der Waals surface area contributed by atoms with Gasteiger partial charge in [-0.05, 0) is 65.5 Å². The molecule has 0 aliphatic carbocycles. The molecule has 0 bridgehead atoms. The van der Waals surface area contributed by atoms with Crippen molar-refractivity contribution in [3.05, 3.63) is 12.2 Å². The molecule has 0 saturated carbocycles. The van der Waals surface area contributed by atoms with Crippen LogP contribution in [0, 0.1) is 0 Å². The lowest BCUT2D eigenvalue weighted by Crippen LogP contribution is -2.31. The van der Waals surface area contributed by atoms with Gasteiger partial charge in [0.05, 0.1) is 0 Å². The van der Waals surface area contributed by atoms with E-state index in [0.29, 0.717) is 26.0 Å². The second kappa shape index (κ2) is 41.3. The standard InChI is InChI=1S/C32H64N2O3S.C9H18O2/c1-6-9-12-15-17-19-23-30(24-20-18-16-13-10-7-2)37-31(35)25-22-27-34(26-21-14-11-8-3)32(36)38-29-28-33(4)5;1-2-3-4-5-6-7-8-9-11-10/h30H,6-29H2,1-5H3;7-8,10H,2-6,9H2,1H3/b;8-7-. The van der Waals surface area contributed by atoms with Gasteiger partial charge in [-0.2, -0.15) is 0 Å². The number of amides is 1. The molecule has 0 aliphatic heterocycles. The quantitative estimate of drug-likeness (QED) is 0.0234. The Balaban J connectivity index is 0. The summed E-state index contributed by atoms with van der Waals surface area (Å²) in [5.74, 6) is 0.725. The van der Waals surface area contributed by atoms with Crippen molar-refractivity contribution < 1.29 is 24.5 Å². The average molecular weight is 715 g/mol. The molecule has 0 aliphatic rings. The van der Waals surface area contributed by atoms with Crippen molar-refractivity contribution in [2.24, 2.45) is 0 Å². The first kappa shape index (κ1) is 50.0. The summed E-state index contributed by atoms with van der Waals surface area (Å²) in [6, 6.07) is 0. The number of thioether (sulfide) groups is 1.